The predicted octanol–water partition coefficient (Wildman–Crippen LogP) is 3.13. The van der Waals surface area contributed by atoms with E-state index in [-0.39, 0.29) is 12.1 Å². The molecule has 0 atom stereocenters. The summed E-state index contributed by atoms with van der Waals surface area (Å²) >= 11 is 2.46. The van der Waals surface area contributed by atoms with Gasteiger partial charge >= 0.3 is 12.4 Å². The van der Waals surface area contributed by atoms with Crippen LogP contribution in [0.25, 0.3) is 0 Å². The van der Waals surface area contributed by atoms with Gasteiger partial charge in [-0.2, -0.15) is 26.3 Å². The summed E-state index contributed by atoms with van der Waals surface area (Å²) in [4.78, 5) is -1.99. The van der Waals surface area contributed by atoms with Gasteiger partial charge in [-0.3, -0.25) is 0 Å². The van der Waals surface area contributed by atoms with Crippen molar-refractivity contribution in [2.24, 2.45) is 5.14 Å². The average molecular weight is 372 g/mol. The van der Waals surface area contributed by atoms with Crippen LogP contribution in [0.5, 0.6) is 0 Å². The third-order valence-electron chi connectivity index (χ3n) is 1.95. The van der Waals surface area contributed by atoms with Crippen LogP contribution in [0.1, 0.15) is 11.1 Å². The fourth-order valence-electron chi connectivity index (χ4n) is 1.32. The Morgan fingerprint density at radius 2 is 1.26 bits per heavy atom. The van der Waals surface area contributed by atoms with Gasteiger partial charge in [-0.1, -0.05) is 15.9 Å². The monoisotopic (exact) mass is 371 g/mol. The molecular weight excluding hydrogens is 368 g/mol. The number of alkyl halides is 6. The summed E-state index contributed by atoms with van der Waals surface area (Å²) in [7, 11) is -5.21. The Morgan fingerprint density at radius 1 is 0.947 bits per heavy atom. The molecule has 3 nitrogen and oxygen atoms in total. The molecule has 19 heavy (non-hydrogen) atoms. The Hall–Kier alpha value is -0.810. The average Bonchev–Trinajstić information content (AvgIpc) is 2.11. The van der Waals surface area contributed by atoms with Gasteiger partial charge in [0, 0.05) is 4.47 Å². The smallest absolute Gasteiger partial charge is 0.225 e. The van der Waals surface area contributed by atoms with Gasteiger partial charge in [-0.15, -0.1) is 0 Å². The van der Waals surface area contributed by atoms with Crippen molar-refractivity contribution in [1.82, 2.24) is 0 Å². The summed E-state index contributed by atoms with van der Waals surface area (Å²) in [6, 6.07) is 0.434. The van der Waals surface area contributed by atoms with Crippen LogP contribution in [0, 0.1) is 0 Å². The van der Waals surface area contributed by atoms with E-state index in [0.29, 0.717) is 0 Å². The SMILES string of the molecule is NS(=O)(=O)c1c(C(F)(F)F)cc(Br)cc1C(F)(F)F. The summed E-state index contributed by atoms with van der Waals surface area (Å²) in [6.07, 6.45) is -10.6. The third-order valence-corrected chi connectivity index (χ3v) is 3.42. The number of rotatable bonds is 1. The van der Waals surface area contributed by atoms with Gasteiger partial charge < -0.3 is 0 Å². The Kier molecular flexibility index (Phi) is 3.96. The first kappa shape index (κ1) is 16.2. The number of hydrogen-bond donors (Lipinski definition) is 1. The van der Waals surface area contributed by atoms with E-state index in [4.69, 9.17) is 0 Å². The standard InChI is InChI=1S/C8H4BrF6NO2S/c9-3-1-4(7(10,11)12)6(19(16,17)18)5(2-3)8(13,14)15/h1-2H,(H2,16,17,18). The molecule has 0 amide bonds. The fraction of sp³-hybridized carbons (Fsp3) is 0.250. The lowest BCUT2D eigenvalue weighted by molar-refractivity contribution is -0.147. The number of nitrogens with two attached hydrogens (primary N) is 1. The van der Waals surface area contributed by atoms with Gasteiger partial charge in [-0.25, -0.2) is 13.6 Å². The molecule has 0 aliphatic heterocycles. The molecule has 1 aromatic rings. The first-order chi connectivity index (χ1) is 8.24. The molecule has 0 bridgehead atoms. The van der Waals surface area contributed by atoms with Crippen molar-refractivity contribution in [3.63, 3.8) is 0 Å². The van der Waals surface area contributed by atoms with Crippen molar-refractivity contribution < 1.29 is 34.8 Å². The number of halogens is 7. The molecule has 108 valence electrons. The zero-order valence-electron chi connectivity index (χ0n) is 8.60. The lowest BCUT2D eigenvalue weighted by atomic mass is 10.1. The minimum atomic E-state index is -5.30. The molecular formula is C8H4BrF6NO2S. The molecule has 0 aliphatic rings. The van der Waals surface area contributed by atoms with Gasteiger partial charge in [0.25, 0.3) is 0 Å². The van der Waals surface area contributed by atoms with Crippen molar-refractivity contribution in [3.05, 3.63) is 27.7 Å². The number of benzene rings is 1. The fourth-order valence-corrected chi connectivity index (χ4v) is 2.74. The summed E-state index contributed by atoms with van der Waals surface area (Å²) in [6.45, 7) is 0. The molecule has 1 rings (SSSR count). The Balaban J connectivity index is 3.91. The molecule has 0 radical (unpaired) electrons. The molecule has 11 heteroatoms. The highest BCUT2D eigenvalue weighted by Crippen LogP contribution is 2.42. The Bertz CT molecular complexity index is 572. The zero-order valence-corrected chi connectivity index (χ0v) is 11.0. The minimum absolute atomic E-state index is 0.217. The van der Waals surface area contributed by atoms with Gasteiger partial charge in [0.05, 0.1) is 11.1 Å². The van der Waals surface area contributed by atoms with Crippen LogP contribution in [-0.2, 0) is 22.4 Å². The van der Waals surface area contributed by atoms with Crippen molar-refractivity contribution in [2.45, 2.75) is 17.2 Å². The van der Waals surface area contributed by atoms with Crippen LogP contribution in [0.3, 0.4) is 0 Å². The third kappa shape index (κ3) is 3.60. The molecule has 0 saturated heterocycles. The highest BCUT2D eigenvalue weighted by Gasteiger charge is 2.44. The van der Waals surface area contributed by atoms with Crippen LogP contribution in [0.4, 0.5) is 26.3 Å². The highest BCUT2D eigenvalue weighted by atomic mass is 79.9. The summed E-state index contributed by atoms with van der Waals surface area (Å²) in [5, 5.41) is 4.46. The van der Waals surface area contributed by atoms with Crippen LogP contribution in [0.15, 0.2) is 21.5 Å². The highest BCUT2D eigenvalue weighted by molar-refractivity contribution is 9.10. The maximum atomic E-state index is 12.6. The van der Waals surface area contributed by atoms with Crippen molar-refractivity contribution in [2.75, 3.05) is 0 Å². The van der Waals surface area contributed by atoms with Crippen LogP contribution >= 0.6 is 15.9 Å². The molecule has 0 spiro atoms. The largest absolute Gasteiger partial charge is 0.417 e. The molecule has 0 aromatic heterocycles. The normalized spacial score (nSPS) is 13.7. The molecule has 1 aromatic carbocycles. The van der Waals surface area contributed by atoms with Crippen LogP contribution in [0.2, 0.25) is 0 Å². The molecule has 0 unspecified atom stereocenters. The summed E-state index contributed by atoms with van der Waals surface area (Å²) in [5.41, 5.74) is -3.95. The predicted molar refractivity (Wildman–Crippen MR) is 55.5 cm³/mol. The lowest BCUT2D eigenvalue weighted by Crippen LogP contribution is -2.24. The Labute approximate surface area is 111 Å². The second-order valence-corrected chi connectivity index (χ2v) is 5.78. The second-order valence-electron chi connectivity index (χ2n) is 3.37. The first-order valence-electron chi connectivity index (χ1n) is 4.25. The molecule has 0 aliphatic carbocycles. The van der Waals surface area contributed by atoms with Crippen molar-refractivity contribution in [1.29, 1.82) is 0 Å². The van der Waals surface area contributed by atoms with E-state index in [9.17, 15) is 34.8 Å². The van der Waals surface area contributed by atoms with Gasteiger partial charge in [-0.05, 0) is 12.1 Å². The van der Waals surface area contributed by atoms with E-state index in [1.165, 1.54) is 0 Å². The van der Waals surface area contributed by atoms with Crippen molar-refractivity contribution >= 4 is 26.0 Å². The second kappa shape index (κ2) is 4.63. The van der Waals surface area contributed by atoms with Gasteiger partial charge in [0.15, 0.2) is 0 Å². The molecule has 0 saturated carbocycles. The van der Waals surface area contributed by atoms with Gasteiger partial charge in [0.2, 0.25) is 10.0 Å². The molecule has 2 N–H and O–H groups in total. The molecule has 0 heterocycles. The quantitative estimate of drug-likeness (QED) is 0.771. The van der Waals surface area contributed by atoms with Crippen LogP contribution < -0.4 is 5.14 Å². The maximum absolute atomic E-state index is 12.6. The van der Waals surface area contributed by atoms with E-state index in [1.54, 1.807) is 0 Å². The number of primary sulfonamides is 1. The van der Waals surface area contributed by atoms with Crippen molar-refractivity contribution in [3.8, 4) is 0 Å². The minimum Gasteiger partial charge on any atom is -0.225 e. The first-order valence-corrected chi connectivity index (χ1v) is 6.59. The molecule has 0 fully saturated rings. The van der Waals surface area contributed by atoms with Crippen LogP contribution in [-0.4, -0.2) is 8.42 Å². The number of sulfonamides is 1. The maximum Gasteiger partial charge on any atom is 0.417 e. The summed E-state index contributed by atoms with van der Waals surface area (Å²) < 4.78 is 97.2. The number of hydrogen-bond acceptors (Lipinski definition) is 2. The van der Waals surface area contributed by atoms with E-state index in [1.807, 2.05) is 0 Å². The Morgan fingerprint density at radius 3 is 1.47 bits per heavy atom. The van der Waals surface area contributed by atoms with E-state index in [2.05, 4.69) is 21.1 Å². The lowest BCUT2D eigenvalue weighted by Gasteiger charge is -2.17. The zero-order chi connectivity index (χ0) is 15.2. The summed E-state index contributed by atoms with van der Waals surface area (Å²) in [5.74, 6) is 0. The van der Waals surface area contributed by atoms with E-state index >= 15 is 0 Å². The van der Waals surface area contributed by atoms with Gasteiger partial charge in [0.1, 0.15) is 4.90 Å². The van der Waals surface area contributed by atoms with E-state index in [0.717, 1.165) is 0 Å². The van der Waals surface area contributed by atoms with E-state index < -0.39 is 42.9 Å². The topological polar surface area (TPSA) is 60.2 Å².